The summed E-state index contributed by atoms with van der Waals surface area (Å²) in [4.78, 5) is 2.84. The summed E-state index contributed by atoms with van der Waals surface area (Å²) < 4.78 is 41.9. The maximum atomic E-state index is 13.7. The molecular weight excluding hydrogens is 285 g/mol. The Balaban J connectivity index is 2.13. The Morgan fingerprint density at radius 3 is 2.50 bits per heavy atom. The van der Waals surface area contributed by atoms with E-state index in [1.54, 1.807) is 10.6 Å². The third-order valence-electron chi connectivity index (χ3n) is 3.07. The zero-order valence-corrected chi connectivity index (χ0v) is 11.0. The molecule has 102 valence electrons. The zero-order chi connectivity index (χ0) is 14.3. The van der Waals surface area contributed by atoms with E-state index >= 15 is 0 Å². The molecule has 0 saturated carbocycles. The van der Waals surface area contributed by atoms with Crippen LogP contribution in [0.4, 0.5) is 13.2 Å². The molecule has 0 bridgehead atoms. The molecule has 0 unspecified atom stereocenters. The molecule has 3 aromatic rings. The normalized spacial score (nSPS) is 11.2. The molecule has 1 heterocycles. The van der Waals surface area contributed by atoms with Crippen molar-refractivity contribution in [2.24, 2.45) is 0 Å². The molecule has 0 amide bonds. The summed E-state index contributed by atoms with van der Waals surface area (Å²) in [6, 6.07) is 7.41. The molecule has 0 radical (unpaired) electrons. The van der Waals surface area contributed by atoms with Gasteiger partial charge in [0.1, 0.15) is 17.5 Å². The Bertz CT molecular complexity index is 851. The topological polar surface area (TPSA) is 20.7 Å². The highest BCUT2D eigenvalue weighted by Gasteiger charge is 2.09. The van der Waals surface area contributed by atoms with Gasteiger partial charge in [0.15, 0.2) is 4.77 Å². The van der Waals surface area contributed by atoms with Crippen molar-refractivity contribution in [1.82, 2.24) is 9.55 Å². The van der Waals surface area contributed by atoms with Crippen molar-refractivity contribution in [3.8, 4) is 0 Å². The summed E-state index contributed by atoms with van der Waals surface area (Å²) in [6.07, 6.45) is 0. The van der Waals surface area contributed by atoms with Gasteiger partial charge in [0.2, 0.25) is 0 Å². The quantitative estimate of drug-likeness (QED) is 0.704. The number of aromatic nitrogens is 2. The summed E-state index contributed by atoms with van der Waals surface area (Å²) >= 11 is 5.14. The van der Waals surface area contributed by atoms with Gasteiger partial charge in [-0.25, -0.2) is 13.2 Å². The highest BCUT2D eigenvalue weighted by Crippen LogP contribution is 2.19. The predicted molar refractivity (Wildman–Crippen MR) is 72.5 cm³/mol. The van der Waals surface area contributed by atoms with Crippen LogP contribution in [0.3, 0.4) is 0 Å². The minimum atomic E-state index is -0.515. The van der Waals surface area contributed by atoms with Crippen LogP contribution in [0, 0.1) is 22.2 Å². The lowest BCUT2D eigenvalue weighted by Gasteiger charge is -2.06. The van der Waals surface area contributed by atoms with Gasteiger partial charge in [-0.1, -0.05) is 0 Å². The minimum Gasteiger partial charge on any atom is -0.330 e. The van der Waals surface area contributed by atoms with Crippen LogP contribution in [0.15, 0.2) is 36.4 Å². The molecule has 0 aliphatic heterocycles. The lowest BCUT2D eigenvalue weighted by atomic mass is 10.2. The standard InChI is InChI=1S/C14H9F3N2S/c15-9-1-3-11(17)8(5-9)7-19-13-4-2-10(16)6-12(13)18-14(19)20/h1-6H,7H2,(H,18,20). The number of H-pyrrole nitrogens is 1. The Kier molecular flexibility index (Phi) is 3.10. The average molecular weight is 294 g/mol. The van der Waals surface area contributed by atoms with Gasteiger partial charge in [0.05, 0.1) is 17.6 Å². The van der Waals surface area contributed by atoms with E-state index in [2.05, 4.69) is 4.98 Å². The van der Waals surface area contributed by atoms with Crippen molar-refractivity contribution in [2.45, 2.75) is 6.54 Å². The number of imidazole rings is 1. The zero-order valence-electron chi connectivity index (χ0n) is 10.2. The number of hydrogen-bond acceptors (Lipinski definition) is 1. The number of aromatic amines is 1. The van der Waals surface area contributed by atoms with E-state index in [1.165, 1.54) is 12.1 Å². The van der Waals surface area contributed by atoms with Crippen LogP contribution in [0.1, 0.15) is 5.56 Å². The van der Waals surface area contributed by atoms with Crippen LogP contribution in [-0.4, -0.2) is 9.55 Å². The van der Waals surface area contributed by atoms with Crippen molar-refractivity contribution < 1.29 is 13.2 Å². The van der Waals surface area contributed by atoms with Crippen LogP contribution >= 0.6 is 12.2 Å². The molecule has 0 atom stereocenters. The third-order valence-corrected chi connectivity index (χ3v) is 3.39. The van der Waals surface area contributed by atoms with Crippen LogP contribution in [-0.2, 0) is 6.54 Å². The summed E-state index contributed by atoms with van der Waals surface area (Å²) in [6.45, 7) is 0.0774. The molecule has 20 heavy (non-hydrogen) atoms. The van der Waals surface area contributed by atoms with Gasteiger partial charge < -0.3 is 9.55 Å². The highest BCUT2D eigenvalue weighted by atomic mass is 32.1. The van der Waals surface area contributed by atoms with Gasteiger partial charge in [-0.15, -0.1) is 0 Å². The van der Waals surface area contributed by atoms with E-state index < -0.39 is 17.5 Å². The Morgan fingerprint density at radius 2 is 1.70 bits per heavy atom. The Hall–Kier alpha value is -2.08. The van der Waals surface area contributed by atoms with Gasteiger partial charge in [-0.2, -0.15) is 0 Å². The minimum absolute atomic E-state index is 0.0774. The largest absolute Gasteiger partial charge is 0.330 e. The average Bonchev–Trinajstić information content (AvgIpc) is 2.69. The second-order valence-corrected chi connectivity index (χ2v) is 4.80. The molecule has 0 aliphatic carbocycles. The maximum absolute atomic E-state index is 13.7. The molecule has 2 nitrogen and oxygen atoms in total. The van der Waals surface area contributed by atoms with Gasteiger partial charge in [-0.05, 0) is 48.6 Å². The van der Waals surface area contributed by atoms with Crippen molar-refractivity contribution >= 4 is 23.3 Å². The summed E-state index contributed by atoms with van der Waals surface area (Å²) in [5, 5.41) is 0. The number of nitrogens with one attached hydrogen (secondary N) is 1. The third kappa shape index (κ3) is 2.22. The molecule has 1 N–H and O–H groups in total. The fourth-order valence-corrected chi connectivity index (χ4v) is 2.40. The second-order valence-electron chi connectivity index (χ2n) is 4.41. The Morgan fingerprint density at radius 1 is 1.00 bits per heavy atom. The fourth-order valence-electron chi connectivity index (χ4n) is 2.13. The summed E-state index contributed by atoms with van der Waals surface area (Å²) in [7, 11) is 0. The Labute approximate surface area is 117 Å². The molecule has 0 saturated heterocycles. The molecule has 1 aromatic heterocycles. The molecular formula is C14H9F3N2S. The van der Waals surface area contributed by atoms with Crippen molar-refractivity contribution in [2.75, 3.05) is 0 Å². The monoisotopic (exact) mass is 294 g/mol. The van der Waals surface area contributed by atoms with E-state index in [1.807, 2.05) is 0 Å². The molecule has 6 heteroatoms. The van der Waals surface area contributed by atoms with E-state index in [0.29, 0.717) is 15.8 Å². The summed E-state index contributed by atoms with van der Waals surface area (Å²) in [5.74, 6) is -1.42. The molecule has 0 aliphatic rings. The van der Waals surface area contributed by atoms with Crippen molar-refractivity contribution in [3.63, 3.8) is 0 Å². The lowest BCUT2D eigenvalue weighted by Crippen LogP contribution is -2.02. The maximum Gasteiger partial charge on any atom is 0.178 e. The van der Waals surface area contributed by atoms with Gasteiger partial charge >= 0.3 is 0 Å². The van der Waals surface area contributed by atoms with Gasteiger partial charge in [-0.3, -0.25) is 0 Å². The number of fused-ring (bicyclic) bond motifs is 1. The number of benzene rings is 2. The first kappa shape index (κ1) is 12.9. The molecule has 0 fully saturated rings. The van der Waals surface area contributed by atoms with E-state index in [0.717, 1.165) is 18.2 Å². The number of halogens is 3. The first-order chi connectivity index (χ1) is 9.54. The molecule has 3 rings (SSSR count). The van der Waals surface area contributed by atoms with E-state index in [4.69, 9.17) is 12.2 Å². The van der Waals surface area contributed by atoms with Crippen LogP contribution in [0.25, 0.3) is 11.0 Å². The van der Waals surface area contributed by atoms with Crippen LogP contribution in [0.2, 0.25) is 0 Å². The highest BCUT2D eigenvalue weighted by molar-refractivity contribution is 7.71. The number of rotatable bonds is 2. The summed E-state index contributed by atoms with van der Waals surface area (Å²) in [5.41, 5.74) is 1.35. The SMILES string of the molecule is Fc1ccc(F)c(Cn2c(=S)[nH]c3cc(F)ccc32)c1. The number of nitrogens with zero attached hydrogens (tertiary/aromatic N) is 1. The second kappa shape index (κ2) is 4.79. The number of hydrogen-bond donors (Lipinski definition) is 1. The predicted octanol–water partition coefficient (Wildman–Crippen LogP) is 4.16. The first-order valence-electron chi connectivity index (χ1n) is 5.86. The smallest absolute Gasteiger partial charge is 0.178 e. The lowest BCUT2D eigenvalue weighted by molar-refractivity contribution is 0.578. The van der Waals surface area contributed by atoms with Crippen LogP contribution < -0.4 is 0 Å². The van der Waals surface area contributed by atoms with Gasteiger partial charge in [0, 0.05) is 5.56 Å². The molecule has 2 aromatic carbocycles. The fraction of sp³-hybridized carbons (Fsp3) is 0.0714. The van der Waals surface area contributed by atoms with E-state index in [9.17, 15) is 13.2 Å². The van der Waals surface area contributed by atoms with Crippen molar-refractivity contribution in [3.05, 3.63) is 64.2 Å². The van der Waals surface area contributed by atoms with Crippen LogP contribution in [0.5, 0.6) is 0 Å². The van der Waals surface area contributed by atoms with Crippen molar-refractivity contribution in [1.29, 1.82) is 0 Å². The van der Waals surface area contributed by atoms with E-state index in [-0.39, 0.29) is 12.1 Å². The molecule has 0 spiro atoms. The van der Waals surface area contributed by atoms with Gasteiger partial charge in [0.25, 0.3) is 0 Å². The first-order valence-corrected chi connectivity index (χ1v) is 6.27.